The zero-order valence-corrected chi connectivity index (χ0v) is 10.1. The van der Waals surface area contributed by atoms with E-state index in [1.165, 1.54) is 0 Å². The standard InChI is InChI=1S/C16H11NO2/c18-11-12-5-1-4-8-15(12)19-16-9-10-17-14-7-3-2-6-13(14)16/h1-11H. The van der Waals surface area contributed by atoms with Gasteiger partial charge in [-0.05, 0) is 30.3 Å². The van der Waals surface area contributed by atoms with Crippen LogP contribution in [-0.4, -0.2) is 11.3 Å². The summed E-state index contributed by atoms with van der Waals surface area (Å²) in [5.41, 5.74) is 1.40. The van der Waals surface area contributed by atoms with Crippen LogP contribution in [-0.2, 0) is 0 Å². The van der Waals surface area contributed by atoms with Crippen molar-refractivity contribution in [3.8, 4) is 11.5 Å². The smallest absolute Gasteiger partial charge is 0.153 e. The van der Waals surface area contributed by atoms with Crippen molar-refractivity contribution in [3.05, 3.63) is 66.4 Å². The van der Waals surface area contributed by atoms with E-state index in [0.29, 0.717) is 17.1 Å². The molecular weight excluding hydrogens is 238 g/mol. The minimum absolute atomic E-state index is 0.531. The second-order valence-corrected chi connectivity index (χ2v) is 4.08. The number of carbonyl (C=O) groups is 1. The first-order chi connectivity index (χ1) is 9.38. The number of para-hydroxylation sites is 2. The molecule has 0 bridgehead atoms. The van der Waals surface area contributed by atoms with Gasteiger partial charge in [-0.15, -0.1) is 0 Å². The molecule has 0 unspecified atom stereocenters. The quantitative estimate of drug-likeness (QED) is 0.662. The topological polar surface area (TPSA) is 39.2 Å². The predicted molar refractivity (Wildman–Crippen MR) is 73.6 cm³/mol. The first-order valence-electron chi connectivity index (χ1n) is 5.94. The number of rotatable bonds is 3. The van der Waals surface area contributed by atoms with Crippen molar-refractivity contribution in [2.24, 2.45) is 0 Å². The third kappa shape index (κ3) is 2.18. The molecule has 0 saturated heterocycles. The lowest BCUT2D eigenvalue weighted by atomic mass is 10.2. The molecule has 19 heavy (non-hydrogen) atoms. The SMILES string of the molecule is O=Cc1ccccc1Oc1ccnc2ccccc12. The van der Waals surface area contributed by atoms with Gasteiger partial charge in [0.2, 0.25) is 0 Å². The molecule has 1 aromatic heterocycles. The molecule has 0 spiro atoms. The van der Waals surface area contributed by atoms with Crippen LogP contribution in [0.25, 0.3) is 10.9 Å². The van der Waals surface area contributed by atoms with Gasteiger partial charge in [-0.1, -0.05) is 24.3 Å². The summed E-state index contributed by atoms with van der Waals surface area (Å²) in [7, 11) is 0. The van der Waals surface area contributed by atoms with Gasteiger partial charge in [0.25, 0.3) is 0 Å². The van der Waals surface area contributed by atoms with Gasteiger partial charge in [-0.2, -0.15) is 0 Å². The zero-order chi connectivity index (χ0) is 13.1. The molecule has 92 valence electrons. The van der Waals surface area contributed by atoms with Crippen LogP contribution in [0.4, 0.5) is 0 Å². The molecule has 0 aliphatic rings. The first-order valence-corrected chi connectivity index (χ1v) is 5.94. The summed E-state index contributed by atoms with van der Waals surface area (Å²) in [6, 6.07) is 16.7. The summed E-state index contributed by atoms with van der Waals surface area (Å²) < 4.78 is 5.84. The maximum atomic E-state index is 11.0. The fourth-order valence-electron chi connectivity index (χ4n) is 1.95. The van der Waals surface area contributed by atoms with Crippen LogP contribution in [0, 0.1) is 0 Å². The van der Waals surface area contributed by atoms with Crippen molar-refractivity contribution in [1.29, 1.82) is 0 Å². The molecule has 3 nitrogen and oxygen atoms in total. The summed E-state index contributed by atoms with van der Waals surface area (Å²) in [4.78, 5) is 15.3. The van der Waals surface area contributed by atoms with Gasteiger partial charge in [0, 0.05) is 11.6 Å². The van der Waals surface area contributed by atoms with Gasteiger partial charge in [0.15, 0.2) is 6.29 Å². The fourth-order valence-corrected chi connectivity index (χ4v) is 1.95. The lowest BCUT2D eigenvalue weighted by Gasteiger charge is -2.09. The maximum Gasteiger partial charge on any atom is 0.153 e. The Bertz CT molecular complexity index is 732. The Hall–Kier alpha value is -2.68. The number of aromatic nitrogens is 1. The van der Waals surface area contributed by atoms with Crippen molar-refractivity contribution in [3.63, 3.8) is 0 Å². The molecule has 1 heterocycles. The molecule has 0 radical (unpaired) electrons. The predicted octanol–water partition coefficient (Wildman–Crippen LogP) is 3.84. The average molecular weight is 249 g/mol. The summed E-state index contributed by atoms with van der Waals surface area (Å²) >= 11 is 0. The molecule has 0 aliphatic heterocycles. The number of aldehydes is 1. The van der Waals surface area contributed by atoms with Crippen molar-refractivity contribution in [1.82, 2.24) is 4.98 Å². The first kappa shape index (κ1) is 11.4. The molecule has 0 N–H and O–H groups in total. The number of hydrogen-bond donors (Lipinski definition) is 0. The molecule has 3 heteroatoms. The number of carbonyl (C=O) groups excluding carboxylic acids is 1. The van der Waals surface area contributed by atoms with Crippen LogP contribution in [0.5, 0.6) is 11.5 Å². The molecule has 0 saturated carbocycles. The highest BCUT2D eigenvalue weighted by atomic mass is 16.5. The lowest BCUT2D eigenvalue weighted by molar-refractivity contribution is 0.112. The second kappa shape index (κ2) is 4.90. The van der Waals surface area contributed by atoms with E-state index in [1.54, 1.807) is 30.5 Å². The Morgan fingerprint density at radius 3 is 2.58 bits per heavy atom. The summed E-state index contributed by atoms with van der Waals surface area (Å²) in [5, 5.41) is 0.922. The van der Waals surface area contributed by atoms with Crippen LogP contribution in [0.3, 0.4) is 0 Å². The molecule has 3 aromatic rings. The molecule has 2 aromatic carbocycles. The van der Waals surface area contributed by atoms with Gasteiger partial charge >= 0.3 is 0 Å². The van der Waals surface area contributed by atoms with Gasteiger partial charge in [-0.3, -0.25) is 9.78 Å². The number of benzene rings is 2. The number of pyridine rings is 1. The van der Waals surface area contributed by atoms with Gasteiger partial charge < -0.3 is 4.74 Å². The Balaban J connectivity index is 2.08. The average Bonchev–Trinajstić information content (AvgIpc) is 2.48. The van der Waals surface area contributed by atoms with Crippen LogP contribution in [0.2, 0.25) is 0 Å². The van der Waals surface area contributed by atoms with Crippen LogP contribution < -0.4 is 4.74 Å². The molecule has 0 atom stereocenters. The van der Waals surface area contributed by atoms with Crippen molar-refractivity contribution in [2.45, 2.75) is 0 Å². The Morgan fingerprint density at radius 2 is 1.68 bits per heavy atom. The normalized spacial score (nSPS) is 10.3. The summed E-state index contributed by atoms with van der Waals surface area (Å²) in [5.74, 6) is 1.24. The number of hydrogen-bond acceptors (Lipinski definition) is 3. The van der Waals surface area contributed by atoms with E-state index in [-0.39, 0.29) is 0 Å². The largest absolute Gasteiger partial charge is 0.456 e. The highest BCUT2D eigenvalue weighted by molar-refractivity contribution is 5.85. The van der Waals surface area contributed by atoms with E-state index in [9.17, 15) is 4.79 Å². The Kier molecular flexibility index (Phi) is 2.94. The monoisotopic (exact) mass is 249 g/mol. The third-order valence-electron chi connectivity index (χ3n) is 2.87. The fraction of sp³-hybridized carbons (Fsp3) is 0. The third-order valence-corrected chi connectivity index (χ3v) is 2.87. The Morgan fingerprint density at radius 1 is 0.895 bits per heavy atom. The van der Waals surface area contributed by atoms with Gasteiger partial charge in [0.1, 0.15) is 11.5 Å². The lowest BCUT2D eigenvalue weighted by Crippen LogP contribution is -1.91. The van der Waals surface area contributed by atoms with Gasteiger partial charge in [-0.25, -0.2) is 0 Å². The number of fused-ring (bicyclic) bond motifs is 1. The van der Waals surface area contributed by atoms with E-state index < -0.39 is 0 Å². The molecule has 3 rings (SSSR count). The van der Waals surface area contributed by atoms with E-state index in [0.717, 1.165) is 17.2 Å². The molecule has 0 fully saturated rings. The number of ether oxygens (including phenoxy) is 1. The second-order valence-electron chi connectivity index (χ2n) is 4.08. The van der Waals surface area contributed by atoms with Crippen LogP contribution in [0.1, 0.15) is 10.4 Å². The molecular formula is C16H11NO2. The zero-order valence-electron chi connectivity index (χ0n) is 10.1. The molecule has 0 amide bonds. The van der Waals surface area contributed by atoms with Crippen molar-refractivity contribution in [2.75, 3.05) is 0 Å². The van der Waals surface area contributed by atoms with Crippen LogP contribution in [0.15, 0.2) is 60.8 Å². The summed E-state index contributed by atoms with van der Waals surface area (Å²) in [6.07, 6.45) is 2.49. The van der Waals surface area contributed by atoms with Crippen molar-refractivity contribution >= 4 is 17.2 Å². The van der Waals surface area contributed by atoms with E-state index >= 15 is 0 Å². The van der Waals surface area contributed by atoms with Crippen molar-refractivity contribution < 1.29 is 9.53 Å². The molecule has 0 aliphatic carbocycles. The minimum atomic E-state index is 0.531. The number of nitrogens with zero attached hydrogens (tertiary/aromatic N) is 1. The van der Waals surface area contributed by atoms with Gasteiger partial charge in [0.05, 0.1) is 11.1 Å². The highest BCUT2D eigenvalue weighted by Gasteiger charge is 2.06. The minimum Gasteiger partial charge on any atom is -0.456 e. The highest BCUT2D eigenvalue weighted by Crippen LogP contribution is 2.29. The van der Waals surface area contributed by atoms with E-state index in [4.69, 9.17) is 4.74 Å². The Labute approximate surface area is 110 Å². The summed E-state index contributed by atoms with van der Waals surface area (Å²) in [6.45, 7) is 0. The van der Waals surface area contributed by atoms with E-state index in [1.807, 2.05) is 30.3 Å². The van der Waals surface area contributed by atoms with Crippen LogP contribution >= 0.6 is 0 Å². The van der Waals surface area contributed by atoms with E-state index in [2.05, 4.69) is 4.98 Å². The maximum absolute atomic E-state index is 11.0.